The van der Waals surface area contributed by atoms with E-state index in [9.17, 15) is 13.6 Å². The van der Waals surface area contributed by atoms with Gasteiger partial charge in [0.15, 0.2) is 0 Å². The highest BCUT2D eigenvalue weighted by molar-refractivity contribution is 5.83. The van der Waals surface area contributed by atoms with Gasteiger partial charge < -0.3 is 11.1 Å². The zero-order valence-corrected chi connectivity index (χ0v) is 9.80. The maximum atomic E-state index is 13.2. The zero-order chi connectivity index (χ0) is 13.1. The summed E-state index contributed by atoms with van der Waals surface area (Å²) in [5.41, 5.74) is 4.57. The standard InChI is InChI=1S/C11H17F2N3O/c1-2-3-11(12,13)6-8(15)9(17)16-10(7-14)4-5-10/h8H,2-6,15H2,1H3,(H,16,17)/t8-/m0/s1. The molecule has 1 atom stereocenters. The Morgan fingerprint density at radius 2 is 2.24 bits per heavy atom. The Hall–Kier alpha value is -1.22. The molecule has 0 heterocycles. The van der Waals surface area contributed by atoms with Crippen LogP contribution >= 0.6 is 0 Å². The lowest BCUT2D eigenvalue weighted by molar-refractivity contribution is -0.125. The first kappa shape index (κ1) is 13.8. The Kier molecular flexibility index (Phi) is 4.04. The van der Waals surface area contributed by atoms with Crippen molar-refractivity contribution in [3.05, 3.63) is 0 Å². The Labute approximate surface area is 99.2 Å². The van der Waals surface area contributed by atoms with E-state index in [1.807, 2.05) is 6.07 Å². The van der Waals surface area contributed by atoms with E-state index >= 15 is 0 Å². The van der Waals surface area contributed by atoms with Gasteiger partial charge in [-0.3, -0.25) is 4.79 Å². The fourth-order valence-electron chi connectivity index (χ4n) is 1.60. The van der Waals surface area contributed by atoms with Gasteiger partial charge in [0.05, 0.1) is 12.1 Å². The summed E-state index contributed by atoms with van der Waals surface area (Å²) in [4.78, 5) is 11.5. The average molecular weight is 245 g/mol. The number of carbonyl (C=O) groups is 1. The van der Waals surface area contributed by atoms with Crippen LogP contribution < -0.4 is 11.1 Å². The molecule has 1 fully saturated rings. The lowest BCUT2D eigenvalue weighted by atomic mass is 10.0. The van der Waals surface area contributed by atoms with E-state index in [1.165, 1.54) is 0 Å². The van der Waals surface area contributed by atoms with E-state index in [1.54, 1.807) is 6.92 Å². The molecule has 1 rings (SSSR count). The van der Waals surface area contributed by atoms with E-state index in [4.69, 9.17) is 11.0 Å². The van der Waals surface area contributed by atoms with Crippen LogP contribution in [0.15, 0.2) is 0 Å². The number of halogens is 2. The average Bonchev–Trinajstić information content (AvgIpc) is 2.97. The minimum absolute atomic E-state index is 0.280. The number of carbonyl (C=O) groups excluding carboxylic acids is 1. The highest BCUT2D eigenvalue weighted by Crippen LogP contribution is 2.34. The molecule has 0 aromatic heterocycles. The number of rotatable bonds is 6. The highest BCUT2D eigenvalue weighted by Gasteiger charge is 2.46. The first-order chi connectivity index (χ1) is 7.84. The third-order valence-electron chi connectivity index (χ3n) is 2.80. The molecule has 1 saturated carbocycles. The quantitative estimate of drug-likeness (QED) is 0.740. The Bertz CT molecular complexity index is 334. The van der Waals surface area contributed by atoms with E-state index in [0.29, 0.717) is 19.3 Å². The van der Waals surface area contributed by atoms with E-state index in [2.05, 4.69) is 5.32 Å². The largest absolute Gasteiger partial charge is 0.336 e. The van der Waals surface area contributed by atoms with Crippen molar-refractivity contribution in [3.8, 4) is 6.07 Å². The van der Waals surface area contributed by atoms with Gasteiger partial charge in [-0.1, -0.05) is 13.3 Å². The van der Waals surface area contributed by atoms with Crippen LogP contribution in [0.5, 0.6) is 0 Å². The van der Waals surface area contributed by atoms with Gasteiger partial charge in [0.25, 0.3) is 0 Å². The molecule has 4 nitrogen and oxygen atoms in total. The van der Waals surface area contributed by atoms with Crippen molar-refractivity contribution in [2.75, 3.05) is 0 Å². The molecule has 96 valence electrons. The first-order valence-corrected chi connectivity index (χ1v) is 5.71. The van der Waals surface area contributed by atoms with Gasteiger partial charge in [0.1, 0.15) is 5.54 Å². The monoisotopic (exact) mass is 245 g/mol. The Morgan fingerprint density at radius 1 is 1.65 bits per heavy atom. The lowest BCUT2D eigenvalue weighted by Crippen LogP contribution is -2.48. The van der Waals surface area contributed by atoms with Crippen LogP contribution in [0.3, 0.4) is 0 Å². The number of amides is 1. The smallest absolute Gasteiger partial charge is 0.250 e. The zero-order valence-electron chi connectivity index (χ0n) is 9.80. The maximum Gasteiger partial charge on any atom is 0.250 e. The summed E-state index contributed by atoms with van der Waals surface area (Å²) in [5, 5.41) is 11.2. The van der Waals surface area contributed by atoms with E-state index < -0.39 is 29.8 Å². The number of nitrogens with one attached hydrogen (secondary N) is 1. The second-order valence-corrected chi connectivity index (χ2v) is 4.60. The van der Waals surface area contributed by atoms with Crippen molar-refractivity contribution in [1.82, 2.24) is 5.32 Å². The second kappa shape index (κ2) is 4.96. The molecule has 0 spiro atoms. The second-order valence-electron chi connectivity index (χ2n) is 4.60. The summed E-state index contributed by atoms with van der Waals surface area (Å²) in [6.07, 6.45) is 0.510. The first-order valence-electron chi connectivity index (χ1n) is 5.71. The van der Waals surface area contributed by atoms with Crippen molar-refractivity contribution in [3.63, 3.8) is 0 Å². The van der Waals surface area contributed by atoms with Crippen LogP contribution in [0.2, 0.25) is 0 Å². The predicted molar refractivity (Wildman–Crippen MR) is 58.2 cm³/mol. The predicted octanol–water partition coefficient (Wildman–Crippen LogP) is 1.31. The van der Waals surface area contributed by atoms with Crippen LogP contribution in [0, 0.1) is 11.3 Å². The molecular weight excluding hydrogens is 228 g/mol. The summed E-state index contributed by atoms with van der Waals surface area (Å²) in [6.45, 7) is 1.65. The van der Waals surface area contributed by atoms with E-state index in [-0.39, 0.29) is 6.42 Å². The molecule has 17 heavy (non-hydrogen) atoms. The van der Waals surface area contributed by atoms with Gasteiger partial charge in [-0.25, -0.2) is 8.78 Å². The number of hydrogen-bond donors (Lipinski definition) is 2. The minimum Gasteiger partial charge on any atom is -0.336 e. The molecule has 1 aliphatic rings. The number of hydrogen-bond acceptors (Lipinski definition) is 3. The Morgan fingerprint density at radius 3 is 2.65 bits per heavy atom. The molecule has 3 N–H and O–H groups in total. The highest BCUT2D eigenvalue weighted by atomic mass is 19.3. The number of nitrogens with two attached hydrogens (primary N) is 1. The van der Waals surface area contributed by atoms with Gasteiger partial charge in [0.2, 0.25) is 11.8 Å². The van der Waals surface area contributed by atoms with Crippen LogP contribution in [0.4, 0.5) is 8.78 Å². The van der Waals surface area contributed by atoms with Gasteiger partial charge >= 0.3 is 0 Å². The Balaban J connectivity index is 2.45. The molecule has 0 radical (unpaired) electrons. The lowest BCUT2D eigenvalue weighted by Gasteiger charge is -2.20. The number of nitriles is 1. The fraction of sp³-hybridized carbons (Fsp3) is 0.818. The third-order valence-corrected chi connectivity index (χ3v) is 2.80. The topological polar surface area (TPSA) is 78.9 Å². The SMILES string of the molecule is CCCC(F)(F)C[C@H](N)C(=O)NC1(C#N)CC1. The van der Waals surface area contributed by atoms with Crippen molar-refractivity contribution in [2.24, 2.45) is 5.73 Å². The van der Waals surface area contributed by atoms with Crippen molar-refractivity contribution >= 4 is 5.91 Å². The van der Waals surface area contributed by atoms with E-state index in [0.717, 1.165) is 0 Å². The molecule has 0 unspecified atom stereocenters. The number of alkyl halides is 2. The maximum absolute atomic E-state index is 13.2. The summed E-state index contributed by atoms with van der Waals surface area (Å²) < 4.78 is 26.5. The summed E-state index contributed by atoms with van der Waals surface area (Å²) in [5.74, 6) is -3.59. The fourth-order valence-corrected chi connectivity index (χ4v) is 1.60. The molecular formula is C11H17F2N3O. The summed E-state index contributed by atoms with van der Waals surface area (Å²) in [6, 6.07) is 0.689. The molecule has 1 aliphatic carbocycles. The third kappa shape index (κ3) is 3.93. The van der Waals surface area contributed by atoms with Gasteiger partial charge in [-0.15, -0.1) is 0 Å². The van der Waals surface area contributed by atoms with Crippen molar-refractivity contribution in [2.45, 2.75) is 56.5 Å². The molecule has 0 aromatic rings. The van der Waals surface area contributed by atoms with Gasteiger partial charge in [-0.2, -0.15) is 5.26 Å². The van der Waals surface area contributed by atoms with Crippen LogP contribution in [0.1, 0.15) is 39.0 Å². The molecule has 0 aliphatic heterocycles. The molecule has 0 bridgehead atoms. The molecule has 0 saturated heterocycles. The van der Waals surface area contributed by atoms with Crippen molar-refractivity contribution < 1.29 is 13.6 Å². The van der Waals surface area contributed by atoms with Crippen molar-refractivity contribution in [1.29, 1.82) is 5.26 Å². The van der Waals surface area contributed by atoms with Crippen LogP contribution in [-0.4, -0.2) is 23.4 Å². The molecule has 0 aromatic carbocycles. The summed E-state index contributed by atoms with van der Waals surface area (Å²) >= 11 is 0. The van der Waals surface area contributed by atoms with Gasteiger partial charge in [-0.05, 0) is 12.8 Å². The summed E-state index contributed by atoms with van der Waals surface area (Å²) in [7, 11) is 0. The normalized spacial score (nSPS) is 19.2. The molecule has 6 heteroatoms. The van der Waals surface area contributed by atoms with Crippen LogP contribution in [-0.2, 0) is 4.79 Å². The van der Waals surface area contributed by atoms with Gasteiger partial charge in [0, 0.05) is 12.8 Å². The number of nitrogens with zero attached hydrogens (tertiary/aromatic N) is 1. The molecule has 1 amide bonds. The van der Waals surface area contributed by atoms with Crippen LogP contribution in [0.25, 0.3) is 0 Å². The minimum atomic E-state index is -2.92.